The quantitative estimate of drug-likeness (QED) is 0.620. The van der Waals surface area contributed by atoms with Crippen molar-refractivity contribution in [3.8, 4) is 5.75 Å². The zero-order valence-electron chi connectivity index (χ0n) is 11.4. The van der Waals surface area contributed by atoms with E-state index in [1.54, 1.807) is 0 Å². The third-order valence-electron chi connectivity index (χ3n) is 3.40. The van der Waals surface area contributed by atoms with Crippen molar-refractivity contribution >= 4 is 23.1 Å². The average molecular weight is 292 g/mol. The van der Waals surface area contributed by atoms with Gasteiger partial charge in [-0.1, -0.05) is 30.4 Å². The number of thiocarbonyl (C=S) groups is 1. The van der Waals surface area contributed by atoms with Gasteiger partial charge in [0.1, 0.15) is 12.4 Å². The summed E-state index contributed by atoms with van der Waals surface area (Å²) in [5.41, 5.74) is 6.53. The summed E-state index contributed by atoms with van der Waals surface area (Å²) < 4.78 is 5.62. The van der Waals surface area contributed by atoms with Gasteiger partial charge >= 0.3 is 0 Å². The van der Waals surface area contributed by atoms with E-state index in [0.717, 1.165) is 37.0 Å². The standard InChI is InChI=1S/C15H20N2O2S/c16-14(20)7-3-4-8-17-15(18)12-9-11-5-1-2-6-13(11)19-10-12/h1-2,5-6,12H,3-4,7-10H2,(H2,16,20)(H,17,18). The maximum absolute atomic E-state index is 12.1. The number of hydrogen-bond donors (Lipinski definition) is 2. The highest BCUT2D eigenvalue weighted by atomic mass is 32.1. The minimum atomic E-state index is -0.0968. The molecular formula is C15H20N2O2S. The summed E-state index contributed by atoms with van der Waals surface area (Å²) in [7, 11) is 0. The van der Waals surface area contributed by atoms with Gasteiger partial charge < -0.3 is 15.8 Å². The number of ether oxygens (including phenoxy) is 1. The van der Waals surface area contributed by atoms with Gasteiger partial charge in [0.25, 0.3) is 0 Å². The van der Waals surface area contributed by atoms with E-state index in [1.165, 1.54) is 0 Å². The van der Waals surface area contributed by atoms with E-state index in [-0.39, 0.29) is 11.8 Å². The van der Waals surface area contributed by atoms with Crippen molar-refractivity contribution in [1.29, 1.82) is 0 Å². The van der Waals surface area contributed by atoms with Crippen LogP contribution < -0.4 is 15.8 Å². The molecule has 0 radical (unpaired) electrons. The number of para-hydroxylation sites is 1. The van der Waals surface area contributed by atoms with Crippen molar-refractivity contribution in [3.63, 3.8) is 0 Å². The number of benzene rings is 1. The third kappa shape index (κ3) is 4.20. The molecule has 0 aliphatic carbocycles. The lowest BCUT2D eigenvalue weighted by Gasteiger charge is -2.24. The number of fused-ring (bicyclic) bond motifs is 1. The molecule has 108 valence electrons. The van der Waals surface area contributed by atoms with Crippen LogP contribution in [0.4, 0.5) is 0 Å². The molecule has 0 fully saturated rings. The summed E-state index contributed by atoms with van der Waals surface area (Å²) in [4.78, 5) is 12.6. The minimum Gasteiger partial charge on any atom is -0.492 e. The van der Waals surface area contributed by atoms with E-state index in [2.05, 4.69) is 5.32 Å². The Labute approximate surface area is 124 Å². The third-order valence-corrected chi connectivity index (χ3v) is 3.60. The van der Waals surface area contributed by atoms with Crippen LogP contribution in [0.3, 0.4) is 0 Å². The molecule has 1 atom stereocenters. The number of carbonyl (C=O) groups is 1. The fourth-order valence-corrected chi connectivity index (χ4v) is 2.42. The first-order chi connectivity index (χ1) is 9.66. The Morgan fingerprint density at radius 1 is 1.40 bits per heavy atom. The smallest absolute Gasteiger partial charge is 0.226 e. The van der Waals surface area contributed by atoms with E-state index in [0.29, 0.717) is 18.1 Å². The molecule has 4 nitrogen and oxygen atoms in total. The number of amides is 1. The number of carbonyl (C=O) groups excluding carboxylic acids is 1. The topological polar surface area (TPSA) is 64.3 Å². The second-order valence-corrected chi connectivity index (χ2v) is 5.56. The van der Waals surface area contributed by atoms with Crippen LogP contribution in [0.25, 0.3) is 0 Å². The molecule has 5 heteroatoms. The van der Waals surface area contributed by atoms with Crippen molar-refractivity contribution in [1.82, 2.24) is 5.32 Å². The highest BCUT2D eigenvalue weighted by Gasteiger charge is 2.25. The molecule has 1 heterocycles. The monoisotopic (exact) mass is 292 g/mol. The minimum absolute atomic E-state index is 0.0647. The van der Waals surface area contributed by atoms with Gasteiger partial charge in [0.15, 0.2) is 0 Å². The van der Waals surface area contributed by atoms with Gasteiger partial charge in [0.05, 0.1) is 10.9 Å². The Bertz CT molecular complexity index is 491. The van der Waals surface area contributed by atoms with Gasteiger partial charge in [-0.2, -0.15) is 0 Å². The van der Waals surface area contributed by atoms with Gasteiger partial charge in [-0.15, -0.1) is 0 Å². The largest absolute Gasteiger partial charge is 0.492 e. The first kappa shape index (κ1) is 14.8. The van der Waals surface area contributed by atoms with E-state index in [4.69, 9.17) is 22.7 Å². The summed E-state index contributed by atoms with van der Waals surface area (Å²) in [5.74, 6) is 0.864. The average Bonchev–Trinajstić information content (AvgIpc) is 2.46. The zero-order valence-corrected chi connectivity index (χ0v) is 12.2. The van der Waals surface area contributed by atoms with Gasteiger partial charge in [-0.25, -0.2) is 0 Å². The molecular weight excluding hydrogens is 272 g/mol. The second kappa shape index (κ2) is 7.24. The van der Waals surface area contributed by atoms with Gasteiger partial charge in [-0.05, 0) is 37.3 Å². The molecule has 1 aliphatic heterocycles. The van der Waals surface area contributed by atoms with Gasteiger partial charge in [-0.3, -0.25) is 4.79 Å². The molecule has 0 saturated heterocycles. The van der Waals surface area contributed by atoms with Gasteiger partial charge in [0, 0.05) is 6.54 Å². The molecule has 0 bridgehead atoms. The van der Waals surface area contributed by atoms with Crippen molar-refractivity contribution in [2.24, 2.45) is 11.7 Å². The number of hydrogen-bond acceptors (Lipinski definition) is 3. The molecule has 1 aliphatic rings. The molecule has 2 rings (SSSR count). The second-order valence-electron chi connectivity index (χ2n) is 5.03. The van der Waals surface area contributed by atoms with Crippen molar-refractivity contribution < 1.29 is 9.53 Å². The Hall–Kier alpha value is -1.62. The van der Waals surface area contributed by atoms with Crippen LogP contribution in [0.15, 0.2) is 24.3 Å². The number of rotatable bonds is 6. The van der Waals surface area contributed by atoms with Crippen LogP contribution in [-0.4, -0.2) is 24.0 Å². The predicted octanol–water partition coefficient (Wildman–Crippen LogP) is 1.81. The first-order valence-electron chi connectivity index (χ1n) is 6.93. The highest BCUT2D eigenvalue weighted by Crippen LogP contribution is 2.26. The Morgan fingerprint density at radius 3 is 3.00 bits per heavy atom. The summed E-state index contributed by atoms with van der Waals surface area (Å²) >= 11 is 4.81. The van der Waals surface area contributed by atoms with E-state index < -0.39 is 0 Å². The van der Waals surface area contributed by atoms with Crippen LogP contribution in [-0.2, 0) is 11.2 Å². The first-order valence-corrected chi connectivity index (χ1v) is 7.34. The number of nitrogens with one attached hydrogen (secondary N) is 1. The van der Waals surface area contributed by atoms with Crippen LogP contribution in [0, 0.1) is 5.92 Å². The van der Waals surface area contributed by atoms with E-state index >= 15 is 0 Å². The number of nitrogens with two attached hydrogens (primary N) is 1. The lowest BCUT2D eigenvalue weighted by Crippen LogP contribution is -2.37. The van der Waals surface area contributed by atoms with Crippen molar-refractivity contribution in [2.75, 3.05) is 13.2 Å². The lowest BCUT2D eigenvalue weighted by molar-refractivity contribution is -0.126. The lowest BCUT2D eigenvalue weighted by atomic mass is 9.96. The SMILES string of the molecule is NC(=S)CCCCNC(=O)C1COc2ccccc2C1. The van der Waals surface area contributed by atoms with Crippen molar-refractivity contribution in [2.45, 2.75) is 25.7 Å². The predicted molar refractivity (Wildman–Crippen MR) is 82.8 cm³/mol. The maximum Gasteiger partial charge on any atom is 0.226 e. The van der Waals surface area contributed by atoms with Crippen molar-refractivity contribution in [3.05, 3.63) is 29.8 Å². The van der Waals surface area contributed by atoms with Crippen LogP contribution in [0.5, 0.6) is 5.75 Å². The normalized spacial score (nSPS) is 16.9. The fourth-order valence-electron chi connectivity index (χ4n) is 2.28. The van der Waals surface area contributed by atoms with Gasteiger partial charge in [0.2, 0.25) is 5.91 Å². The highest BCUT2D eigenvalue weighted by molar-refractivity contribution is 7.80. The Kier molecular flexibility index (Phi) is 5.35. The van der Waals surface area contributed by atoms with Crippen LogP contribution in [0.1, 0.15) is 24.8 Å². The Morgan fingerprint density at radius 2 is 2.20 bits per heavy atom. The summed E-state index contributed by atoms with van der Waals surface area (Å²) in [5, 5.41) is 2.95. The molecule has 1 amide bonds. The molecule has 0 aromatic heterocycles. The summed E-state index contributed by atoms with van der Waals surface area (Å²) in [6.07, 6.45) is 3.30. The zero-order chi connectivity index (χ0) is 14.4. The molecule has 0 saturated carbocycles. The van der Waals surface area contributed by atoms with E-state index in [1.807, 2.05) is 24.3 Å². The van der Waals surface area contributed by atoms with Crippen LogP contribution in [0.2, 0.25) is 0 Å². The molecule has 0 spiro atoms. The molecule has 1 aromatic carbocycles. The Balaban J connectivity index is 1.73. The number of unbranched alkanes of at least 4 members (excludes halogenated alkanes) is 1. The molecule has 3 N–H and O–H groups in total. The maximum atomic E-state index is 12.1. The molecule has 1 aromatic rings. The van der Waals surface area contributed by atoms with E-state index in [9.17, 15) is 4.79 Å². The fraction of sp³-hybridized carbons (Fsp3) is 0.467. The van der Waals surface area contributed by atoms with Crippen LogP contribution >= 0.6 is 12.2 Å². The molecule has 20 heavy (non-hydrogen) atoms. The summed E-state index contributed by atoms with van der Waals surface area (Å²) in [6.45, 7) is 1.12. The molecule has 1 unspecified atom stereocenters. The summed E-state index contributed by atoms with van der Waals surface area (Å²) in [6, 6.07) is 7.87.